The van der Waals surface area contributed by atoms with Gasteiger partial charge in [0.05, 0.1) is 12.7 Å². The van der Waals surface area contributed by atoms with Crippen LogP contribution in [0.25, 0.3) is 0 Å². The standard InChI is InChI=1S/C18H26N6.HI/c1-3-19-18(20-11-15-12-21-23(2)13-15)22-16-9-10-24(14-16)17-7-5-4-6-8-17;/h4-8,12-13,16H,3,9-11,14H2,1-2H3,(H2,19,20,22);1H. The molecule has 3 rings (SSSR count). The van der Waals surface area contributed by atoms with Crippen molar-refractivity contribution in [3.05, 3.63) is 48.3 Å². The van der Waals surface area contributed by atoms with Gasteiger partial charge in [-0.1, -0.05) is 18.2 Å². The Kier molecular flexibility index (Phi) is 7.54. The molecule has 2 N–H and O–H groups in total. The van der Waals surface area contributed by atoms with Crippen molar-refractivity contribution in [1.29, 1.82) is 0 Å². The van der Waals surface area contributed by atoms with Crippen LogP contribution in [0.5, 0.6) is 0 Å². The van der Waals surface area contributed by atoms with Crippen molar-refractivity contribution in [2.75, 3.05) is 24.5 Å². The number of aliphatic imine (C=N–C) groups is 1. The molecule has 0 spiro atoms. The van der Waals surface area contributed by atoms with Gasteiger partial charge in [-0.15, -0.1) is 24.0 Å². The van der Waals surface area contributed by atoms with Crippen LogP contribution < -0.4 is 15.5 Å². The Balaban J connectivity index is 0.00000225. The van der Waals surface area contributed by atoms with E-state index < -0.39 is 0 Å². The highest BCUT2D eigenvalue weighted by Crippen LogP contribution is 2.19. The smallest absolute Gasteiger partial charge is 0.191 e. The minimum atomic E-state index is 0. The SMILES string of the molecule is CCNC(=NCc1cnn(C)c1)NC1CCN(c2ccccc2)C1.I. The molecule has 0 radical (unpaired) electrons. The highest BCUT2D eigenvalue weighted by molar-refractivity contribution is 14.0. The molecule has 25 heavy (non-hydrogen) atoms. The number of para-hydroxylation sites is 1. The van der Waals surface area contributed by atoms with Gasteiger partial charge in [0, 0.05) is 50.2 Å². The van der Waals surface area contributed by atoms with Gasteiger partial charge in [-0.2, -0.15) is 5.10 Å². The average molecular weight is 454 g/mol. The van der Waals surface area contributed by atoms with E-state index in [0.29, 0.717) is 12.6 Å². The molecule has 136 valence electrons. The molecule has 2 aromatic rings. The zero-order valence-electron chi connectivity index (χ0n) is 14.9. The number of hydrogen-bond donors (Lipinski definition) is 2. The number of anilines is 1. The highest BCUT2D eigenvalue weighted by atomic mass is 127. The van der Waals surface area contributed by atoms with E-state index in [4.69, 9.17) is 0 Å². The fourth-order valence-corrected chi connectivity index (χ4v) is 2.99. The third-order valence-electron chi connectivity index (χ3n) is 4.17. The minimum absolute atomic E-state index is 0. The molecule has 6 nitrogen and oxygen atoms in total. The Labute approximate surface area is 166 Å². The lowest BCUT2D eigenvalue weighted by molar-refractivity contribution is 0.649. The minimum Gasteiger partial charge on any atom is -0.369 e. The molecular weight excluding hydrogens is 427 g/mol. The Morgan fingerprint density at radius 1 is 1.32 bits per heavy atom. The Hall–Kier alpha value is -1.77. The van der Waals surface area contributed by atoms with Gasteiger partial charge in [0.1, 0.15) is 0 Å². The normalized spacial score (nSPS) is 17.3. The molecule has 1 aromatic carbocycles. The summed E-state index contributed by atoms with van der Waals surface area (Å²) in [5.41, 5.74) is 2.41. The van der Waals surface area contributed by atoms with Crippen LogP contribution in [0.2, 0.25) is 0 Å². The second-order valence-corrected chi connectivity index (χ2v) is 6.13. The predicted molar refractivity (Wildman–Crippen MR) is 114 cm³/mol. The molecule has 1 aliphatic rings. The lowest BCUT2D eigenvalue weighted by Gasteiger charge is -2.20. The van der Waals surface area contributed by atoms with Crippen LogP contribution in [-0.2, 0) is 13.6 Å². The summed E-state index contributed by atoms with van der Waals surface area (Å²) >= 11 is 0. The third kappa shape index (κ3) is 5.62. The fourth-order valence-electron chi connectivity index (χ4n) is 2.99. The van der Waals surface area contributed by atoms with Crippen molar-refractivity contribution in [2.45, 2.75) is 25.9 Å². The van der Waals surface area contributed by atoms with Gasteiger partial charge >= 0.3 is 0 Å². The summed E-state index contributed by atoms with van der Waals surface area (Å²) in [6.45, 7) is 5.66. The monoisotopic (exact) mass is 454 g/mol. The fraction of sp³-hybridized carbons (Fsp3) is 0.444. The van der Waals surface area contributed by atoms with Crippen LogP contribution >= 0.6 is 24.0 Å². The van der Waals surface area contributed by atoms with Crippen molar-refractivity contribution in [3.8, 4) is 0 Å². The number of rotatable bonds is 5. The molecule has 2 heterocycles. The predicted octanol–water partition coefficient (Wildman–Crippen LogP) is 2.37. The summed E-state index contributed by atoms with van der Waals surface area (Å²) in [5, 5.41) is 11.1. The summed E-state index contributed by atoms with van der Waals surface area (Å²) in [4.78, 5) is 7.10. The van der Waals surface area contributed by atoms with Gasteiger partial charge in [0.25, 0.3) is 0 Å². The first kappa shape index (κ1) is 19.6. The summed E-state index contributed by atoms with van der Waals surface area (Å²) in [7, 11) is 1.92. The molecule has 0 bridgehead atoms. The van der Waals surface area contributed by atoms with Crippen LogP contribution in [0.4, 0.5) is 5.69 Å². The second-order valence-electron chi connectivity index (χ2n) is 6.13. The Morgan fingerprint density at radius 3 is 2.80 bits per heavy atom. The molecule has 1 atom stereocenters. The second kappa shape index (κ2) is 9.65. The zero-order chi connectivity index (χ0) is 16.8. The molecule has 1 saturated heterocycles. The van der Waals surface area contributed by atoms with Gasteiger partial charge in [-0.05, 0) is 25.5 Å². The number of guanidine groups is 1. The molecule has 0 saturated carbocycles. The first-order valence-corrected chi connectivity index (χ1v) is 8.57. The van der Waals surface area contributed by atoms with Crippen LogP contribution in [0.3, 0.4) is 0 Å². The van der Waals surface area contributed by atoms with E-state index in [0.717, 1.165) is 37.6 Å². The summed E-state index contributed by atoms with van der Waals surface area (Å²) < 4.78 is 1.81. The van der Waals surface area contributed by atoms with E-state index in [1.807, 2.05) is 19.4 Å². The lowest BCUT2D eigenvalue weighted by atomic mass is 10.2. The summed E-state index contributed by atoms with van der Waals surface area (Å²) in [5.74, 6) is 0.876. The number of halogens is 1. The molecule has 7 heteroatoms. The van der Waals surface area contributed by atoms with Gasteiger partial charge in [-0.3, -0.25) is 4.68 Å². The topological polar surface area (TPSA) is 57.5 Å². The van der Waals surface area contributed by atoms with Crippen molar-refractivity contribution in [2.24, 2.45) is 12.0 Å². The van der Waals surface area contributed by atoms with Crippen molar-refractivity contribution in [3.63, 3.8) is 0 Å². The zero-order valence-corrected chi connectivity index (χ0v) is 17.2. The van der Waals surface area contributed by atoms with E-state index in [9.17, 15) is 0 Å². The molecule has 1 unspecified atom stereocenters. The van der Waals surface area contributed by atoms with Gasteiger partial charge in [-0.25, -0.2) is 4.99 Å². The average Bonchev–Trinajstić information content (AvgIpc) is 3.23. The number of nitrogens with one attached hydrogen (secondary N) is 2. The molecule has 0 amide bonds. The van der Waals surface area contributed by atoms with Crippen LogP contribution in [0, 0.1) is 0 Å². The lowest BCUT2D eigenvalue weighted by Crippen LogP contribution is -2.44. The molecule has 1 aliphatic heterocycles. The molecule has 0 aliphatic carbocycles. The Morgan fingerprint density at radius 2 is 2.12 bits per heavy atom. The number of hydrogen-bond acceptors (Lipinski definition) is 3. The highest BCUT2D eigenvalue weighted by Gasteiger charge is 2.23. The Bertz CT molecular complexity index is 669. The molecule has 1 fully saturated rings. The van der Waals surface area contributed by atoms with Crippen molar-refractivity contribution >= 4 is 35.6 Å². The van der Waals surface area contributed by atoms with Crippen LogP contribution in [0.1, 0.15) is 18.9 Å². The maximum atomic E-state index is 4.68. The van der Waals surface area contributed by atoms with Gasteiger partial charge in [0.15, 0.2) is 5.96 Å². The molecule has 1 aromatic heterocycles. The molecular formula is C18H27IN6. The summed E-state index contributed by atoms with van der Waals surface area (Å²) in [6.07, 6.45) is 4.98. The van der Waals surface area contributed by atoms with Crippen LogP contribution in [0.15, 0.2) is 47.7 Å². The largest absolute Gasteiger partial charge is 0.369 e. The quantitative estimate of drug-likeness (QED) is 0.414. The van der Waals surface area contributed by atoms with E-state index >= 15 is 0 Å². The maximum absolute atomic E-state index is 4.68. The van der Waals surface area contributed by atoms with Crippen LogP contribution in [-0.4, -0.2) is 41.4 Å². The summed E-state index contributed by atoms with van der Waals surface area (Å²) in [6, 6.07) is 11.0. The van der Waals surface area contributed by atoms with Gasteiger partial charge < -0.3 is 15.5 Å². The first-order valence-electron chi connectivity index (χ1n) is 8.57. The van der Waals surface area contributed by atoms with Gasteiger partial charge in [0.2, 0.25) is 0 Å². The first-order chi connectivity index (χ1) is 11.7. The number of aromatic nitrogens is 2. The number of aryl methyl sites for hydroxylation is 1. The number of nitrogens with zero attached hydrogens (tertiary/aromatic N) is 4. The third-order valence-corrected chi connectivity index (χ3v) is 4.17. The maximum Gasteiger partial charge on any atom is 0.191 e. The van der Waals surface area contributed by atoms with E-state index in [1.165, 1.54) is 5.69 Å². The number of benzene rings is 1. The van der Waals surface area contributed by atoms with Crippen molar-refractivity contribution in [1.82, 2.24) is 20.4 Å². The van der Waals surface area contributed by atoms with Crippen molar-refractivity contribution < 1.29 is 0 Å². The van der Waals surface area contributed by atoms with E-state index in [-0.39, 0.29) is 24.0 Å². The van der Waals surface area contributed by atoms with E-state index in [1.54, 1.807) is 4.68 Å². The van der Waals surface area contributed by atoms with E-state index in [2.05, 4.69) is 62.9 Å².